The van der Waals surface area contributed by atoms with Crippen molar-refractivity contribution >= 4 is 34.4 Å². The molecule has 0 aliphatic heterocycles. The van der Waals surface area contributed by atoms with Gasteiger partial charge in [0.1, 0.15) is 0 Å². The molecule has 0 spiro atoms. The number of hydrogen-bond acceptors (Lipinski definition) is 2. The van der Waals surface area contributed by atoms with Crippen molar-refractivity contribution in [1.29, 1.82) is 5.26 Å². The zero-order chi connectivity index (χ0) is 8.27. The molecule has 0 bridgehead atoms. The molecule has 1 aromatic rings. The summed E-state index contributed by atoms with van der Waals surface area (Å²) in [5.74, 6) is 0. The van der Waals surface area contributed by atoms with Crippen molar-refractivity contribution in [2.45, 2.75) is 4.90 Å². The van der Waals surface area contributed by atoms with Gasteiger partial charge in [0.25, 0.3) is 0 Å². The minimum Gasteiger partial charge on any atom is -0.192 e. The Bertz CT molecular complexity index is 303. The van der Waals surface area contributed by atoms with Crippen LogP contribution in [0.15, 0.2) is 23.1 Å². The summed E-state index contributed by atoms with van der Waals surface area (Å²) in [4.78, 5) is 1.15. The van der Waals surface area contributed by atoms with Crippen LogP contribution >= 0.6 is 34.4 Å². The summed E-state index contributed by atoms with van der Waals surface area (Å²) in [5.41, 5.74) is 0.737. The van der Waals surface area contributed by atoms with Gasteiger partial charge in [-0.2, -0.15) is 5.26 Å². The summed E-state index contributed by atoms with van der Waals surface area (Å²) in [5, 5.41) is 8.62. The topological polar surface area (TPSA) is 23.8 Å². The van der Waals surface area contributed by atoms with Crippen LogP contribution in [0, 0.1) is 14.9 Å². The van der Waals surface area contributed by atoms with Crippen LogP contribution in [0.3, 0.4) is 0 Å². The SMILES string of the molecule is CSc1cc(I)cc(C#N)c1. The van der Waals surface area contributed by atoms with E-state index in [1.165, 1.54) is 0 Å². The summed E-state index contributed by atoms with van der Waals surface area (Å²) in [7, 11) is 0. The van der Waals surface area contributed by atoms with E-state index < -0.39 is 0 Å². The summed E-state index contributed by atoms with van der Waals surface area (Å²) in [6.45, 7) is 0. The molecule has 56 valence electrons. The lowest BCUT2D eigenvalue weighted by atomic mass is 10.2. The molecular formula is C8H6INS. The molecular weight excluding hydrogens is 269 g/mol. The molecule has 0 atom stereocenters. The van der Waals surface area contributed by atoms with Crippen molar-refractivity contribution in [1.82, 2.24) is 0 Å². The highest BCUT2D eigenvalue weighted by atomic mass is 127. The Balaban J connectivity index is 3.15. The largest absolute Gasteiger partial charge is 0.192 e. The van der Waals surface area contributed by atoms with E-state index in [1.54, 1.807) is 11.8 Å². The second kappa shape index (κ2) is 3.98. The molecule has 0 saturated heterocycles. The Morgan fingerprint density at radius 2 is 2.18 bits per heavy atom. The Hall–Kier alpha value is -0.210. The third-order valence-corrected chi connectivity index (χ3v) is 2.57. The zero-order valence-electron chi connectivity index (χ0n) is 5.97. The van der Waals surface area contributed by atoms with Gasteiger partial charge in [0.15, 0.2) is 0 Å². The predicted molar refractivity (Wildman–Crippen MR) is 55.7 cm³/mol. The number of nitriles is 1. The fourth-order valence-corrected chi connectivity index (χ4v) is 2.12. The third kappa shape index (κ3) is 2.38. The van der Waals surface area contributed by atoms with Crippen molar-refractivity contribution in [3.63, 3.8) is 0 Å². The normalized spacial score (nSPS) is 9.18. The lowest BCUT2D eigenvalue weighted by Crippen LogP contribution is -1.78. The maximum atomic E-state index is 8.62. The summed E-state index contributed by atoms with van der Waals surface area (Å²) in [6, 6.07) is 7.96. The first-order valence-electron chi connectivity index (χ1n) is 3.01. The minimum atomic E-state index is 0.737. The molecule has 1 aromatic carbocycles. The number of rotatable bonds is 1. The quantitative estimate of drug-likeness (QED) is 0.581. The van der Waals surface area contributed by atoms with E-state index in [1.807, 2.05) is 18.4 Å². The lowest BCUT2D eigenvalue weighted by Gasteiger charge is -1.97. The number of thioether (sulfide) groups is 1. The van der Waals surface area contributed by atoms with Gasteiger partial charge in [-0.05, 0) is 47.0 Å². The lowest BCUT2D eigenvalue weighted by molar-refractivity contribution is 1.38. The number of benzene rings is 1. The summed E-state index contributed by atoms with van der Waals surface area (Å²) >= 11 is 3.87. The number of hydrogen-bond donors (Lipinski definition) is 0. The molecule has 1 rings (SSSR count). The van der Waals surface area contributed by atoms with E-state index in [0.717, 1.165) is 14.0 Å². The first-order valence-corrected chi connectivity index (χ1v) is 5.31. The van der Waals surface area contributed by atoms with Crippen LogP contribution in [-0.4, -0.2) is 6.26 Å². The van der Waals surface area contributed by atoms with Crippen LogP contribution in [0.1, 0.15) is 5.56 Å². The maximum absolute atomic E-state index is 8.62. The van der Waals surface area contributed by atoms with E-state index in [9.17, 15) is 0 Å². The highest BCUT2D eigenvalue weighted by Gasteiger charge is 1.96. The van der Waals surface area contributed by atoms with Gasteiger partial charge in [-0.25, -0.2) is 0 Å². The molecule has 0 aliphatic carbocycles. The van der Waals surface area contributed by atoms with Gasteiger partial charge in [0.05, 0.1) is 11.6 Å². The molecule has 0 aromatic heterocycles. The van der Waals surface area contributed by atoms with Crippen molar-refractivity contribution in [2.24, 2.45) is 0 Å². The van der Waals surface area contributed by atoms with E-state index in [2.05, 4.69) is 34.7 Å². The van der Waals surface area contributed by atoms with Gasteiger partial charge in [-0.1, -0.05) is 0 Å². The Morgan fingerprint density at radius 3 is 2.73 bits per heavy atom. The smallest absolute Gasteiger partial charge is 0.0992 e. The van der Waals surface area contributed by atoms with Gasteiger partial charge in [-0.3, -0.25) is 0 Å². The average Bonchev–Trinajstić information content (AvgIpc) is 2.03. The van der Waals surface area contributed by atoms with Crippen molar-refractivity contribution in [3.8, 4) is 6.07 Å². The van der Waals surface area contributed by atoms with Crippen molar-refractivity contribution < 1.29 is 0 Å². The molecule has 0 radical (unpaired) electrons. The molecule has 0 heterocycles. The van der Waals surface area contributed by atoms with E-state index in [4.69, 9.17) is 5.26 Å². The molecule has 0 aliphatic rings. The van der Waals surface area contributed by atoms with Crippen molar-refractivity contribution in [3.05, 3.63) is 27.3 Å². The molecule has 0 amide bonds. The van der Waals surface area contributed by atoms with Crippen LogP contribution in [0.2, 0.25) is 0 Å². The minimum absolute atomic E-state index is 0.737. The standard InChI is InChI=1S/C8H6INS/c1-11-8-3-6(5-10)2-7(9)4-8/h2-4H,1H3. The second-order valence-electron chi connectivity index (χ2n) is 1.99. The number of halogens is 1. The fraction of sp³-hybridized carbons (Fsp3) is 0.125. The predicted octanol–water partition coefficient (Wildman–Crippen LogP) is 2.88. The fourth-order valence-electron chi connectivity index (χ4n) is 0.745. The first-order chi connectivity index (χ1) is 5.26. The highest BCUT2D eigenvalue weighted by molar-refractivity contribution is 14.1. The first kappa shape index (κ1) is 8.88. The van der Waals surface area contributed by atoms with Gasteiger partial charge in [0.2, 0.25) is 0 Å². The molecule has 0 saturated carbocycles. The monoisotopic (exact) mass is 275 g/mol. The maximum Gasteiger partial charge on any atom is 0.0992 e. The molecule has 1 nitrogen and oxygen atoms in total. The van der Waals surface area contributed by atoms with Crippen LogP contribution in [0.5, 0.6) is 0 Å². The molecule has 3 heteroatoms. The van der Waals surface area contributed by atoms with Crippen molar-refractivity contribution in [2.75, 3.05) is 6.26 Å². The molecule has 0 N–H and O–H groups in total. The van der Waals surface area contributed by atoms with Gasteiger partial charge in [-0.15, -0.1) is 11.8 Å². The zero-order valence-corrected chi connectivity index (χ0v) is 8.94. The molecule has 0 unspecified atom stereocenters. The third-order valence-electron chi connectivity index (χ3n) is 1.24. The Labute approximate surface area is 83.9 Å². The molecule has 0 fully saturated rings. The Morgan fingerprint density at radius 1 is 1.45 bits per heavy atom. The van der Waals surface area contributed by atoms with Gasteiger partial charge < -0.3 is 0 Å². The average molecular weight is 275 g/mol. The van der Waals surface area contributed by atoms with Crippen LogP contribution < -0.4 is 0 Å². The van der Waals surface area contributed by atoms with E-state index in [0.29, 0.717) is 0 Å². The number of nitrogens with zero attached hydrogens (tertiary/aromatic N) is 1. The Kier molecular flexibility index (Phi) is 3.21. The van der Waals surface area contributed by atoms with Crippen LogP contribution in [0.4, 0.5) is 0 Å². The summed E-state index contributed by atoms with van der Waals surface area (Å²) in [6.07, 6.45) is 2.01. The highest BCUT2D eigenvalue weighted by Crippen LogP contribution is 2.19. The molecule has 11 heavy (non-hydrogen) atoms. The van der Waals surface area contributed by atoms with E-state index in [-0.39, 0.29) is 0 Å². The van der Waals surface area contributed by atoms with Crippen LogP contribution in [0.25, 0.3) is 0 Å². The van der Waals surface area contributed by atoms with Gasteiger partial charge in [0, 0.05) is 8.47 Å². The van der Waals surface area contributed by atoms with Crippen LogP contribution in [-0.2, 0) is 0 Å². The van der Waals surface area contributed by atoms with E-state index >= 15 is 0 Å². The van der Waals surface area contributed by atoms with Gasteiger partial charge >= 0.3 is 0 Å². The second-order valence-corrected chi connectivity index (χ2v) is 4.12. The summed E-state index contributed by atoms with van der Waals surface area (Å²) < 4.78 is 1.12.